The maximum Gasteiger partial charge on any atom is 0.0328 e. The highest BCUT2D eigenvalue weighted by atomic mass is 15.3. The number of nitrogens with zero attached hydrogens (tertiary/aromatic N) is 3. The fourth-order valence-corrected chi connectivity index (χ4v) is 3.60. The number of rotatable bonds is 4. The number of hydrogen-bond donors (Lipinski definition) is 0. The van der Waals surface area contributed by atoms with Crippen molar-refractivity contribution in [2.45, 2.75) is 52.6 Å². The Morgan fingerprint density at radius 1 is 1.15 bits per heavy atom. The van der Waals surface area contributed by atoms with Gasteiger partial charge in [-0.2, -0.15) is 0 Å². The van der Waals surface area contributed by atoms with E-state index in [0.717, 1.165) is 19.0 Å². The highest BCUT2D eigenvalue weighted by molar-refractivity contribution is 4.94. The van der Waals surface area contributed by atoms with Crippen molar-refractivity contribution < 1.29 is 0 Å². The Labute approximate surface area is 125 Å². The Balaban J connectivity index is 1.76. The van der Waals surface area contributed by atoms with Gasteiger partial charge in [-0.15, -0.1) is 0 Å². The standard InChI is InChI=1S/C17H33N3/c1-14(2)18-8-6-17(7-9-18)13-20-11-10-19(15(3)4)12-16(20)5/h14,16-17H,3,6-13H2,1-2,4-5H3/t16-/m0/s1. The van der Waals surface area contributed by atoms with Crippen molar-refractivity contribution in [3.05, 3.63) is 12.3 Å². The van der Waals surface area contributed by atoms with Crippen molar-refractivity contribution in [3.8, 4) is 0 Å². The Morgan fingerprint density at radius 2 is 1.80 bits per heavy atom. The quantitative estimate of drug-likeness (QED) is 0.783. The zero-order valence-electron chi connectivity index (χ0n) is 13.9. The summed E-state index contributed by atoms with van der Waals surface area (Å²) in [5.74, 6) is 0.906. The molecule has 2 rings (SSSR count). The van der Waals surface area contributed by atoms with E-state index in [1.54, 1.807) is 0 Å². The van der Waals surface area contributed by atoms with E-state index < -0.39 is 0 Å². The van der Waals surface area contributed by atoms with Crippen LogP contribution in [0.2, 0.25) is 0 Å². The molecule has 0 aromatic carbocycles. The predicted molar refractivity (Wildman–Crippen MR) is 86.9 cm³/mol. The van der Waals surface area contributed by atoms with Crippen LogP contribution in [0, 0.1) is 5.92 Å². The van der Waals surface area contributed by atoms with E-state index in [1.165, 1.54) is 44.7 Å². The molecule has 3 nitrogen and oxygen atoms in total. The third-order valence-electron chi connectivity index (χ3n) is 5.18. The van der Waals surface area contributed by atoms with E-state index in [-0.39, 0.29) is 0 Å². The molecule has 0 aliphatic carbocycles. The van der Waals surface area contributed by atoms with Crippen LogP contribution in [0.1, 0.15) is 40.5 Å². The molecule has 2 heterocycles. The van der Waals surface area contributed by atoms with Crippen LogP contribution in [-0.2, 0) is 0 Å². The molecular formula is C17H33N3. The van der Waals surface area contributed by atoms with Gasteiger partial charge in [0, 0.05) is 44.0 Å². The molecule has 0 spiro atoms. The molecule has 1 atom stereocenters. The molecule has 0 N–H and O–H groups in total. The molecule has 0 aromatic heterocycles. The van der Waals surface area contributed by atoms with E-state index in [9.17, 15) is 0 Å². The first kappa shape index (κ1) is 15.8. The monoisotopic (exact) mass is 279 g/mol. The number of piperidine rings is 1. The molecule has 0 bridgehead atoms. The molecule has 0 radical (unpaired) electrons. The minimum atomic E-state index is 0.670. The molecule has 2 aliphatic rings. The highest BCUT2D eigenvalue weighted by Crippen LogP contribution is 2.22. The lowest BCUT2D eigenvalue weighted by Crippen LogP contribution is -2.53. The molecule has 0 aromatic rings. The minimum absolute atomic E-state index is 0.670. The van der Waals surface area contributed by atoms with Gasteiger partial charge in [-0.3, -0.25) is 4.90 Å². The molecule has 0 saturated carbocycles. The molecule has 116 valence electrons. The number of allylic oxidation sites excluding steroid dienone is 1. The van der Waals surface area contributed by atoms with Gasteiger partial charge in [-0.05, 0) is 59.5 Å². The van der Waals surface area contributed by atoms with Crippen molar-refractivity contribution in [2.24, 2.45) is 5.92 Å². The second-order valence-corrected chi connectivity index (χ2v) is 7.10. The minimum Gasteiger partial charge on any atom is -0.373 e. The Hall–Kier alpha value is -0.540. The van der Waals surface area contributed by atoms with Gasteiger partial charge in [0.05, 0.1) is 0 Å². The van der Waals surface area contributed by atoms with Gasteiger partial charge in [0.25, 0.3) is 0 Å². The smallest absolute Gasteiger partial charge is 0.0328 e. The summed E-state index contributed by atoms with van der Waals surface area (Å²) in [6, 6.07) is 1.39. The maximum atomic E-state index is 4.08. The van der Waals surface area contributed by atoms with E-state index >= 15 is 0 Å². The fraction of sp³-hybridized carbons (Fsp3) is 0.882. The number of hydrogen-bond acceptors (Lipinski definition) is 3. The van der Waals surface area contributed by atoms with E-state index in [1.807, 2.05) is 0 Å². The van der Waals surface area contributed by atoms with Gasteiger partial charge in [0.2, 0.25) is 0 Å². The topological polar surface area (TPSA) is 9.72 Å². The predicted octanol–water partition coefficient (Wildman–Crippen LogP) is 2.65. The summed E-state index contributed by atoms with van der Waals surface area (Å²) in [5.41, 5.74) is 1.22. The molecule has 0 unspecified atom stereocenters. The Kier molecular flexibility index (Phi) is 5.50. The first-order valence-corrected chi connectivity index (χ1v) is 8.36. The van der Waals surface area contributed by atoms with E-state index in [0.29, 0.717) is 12.1 Å². The first-order valence-electron chi connectivity index (χ1n) is 8.36. The lowest BCUT2D eigenvalue weighted by atomic mass is 9.94. The SMILES string of the molecule is C=C(C)N1CCN(CC2CCN(C(C)C)CC2)[C@@H](C)C1. The van der Waals surface area contributed by atoms with Gasteiger partial charge >= 0.3 is 0 Å². The van der Waals surface area contributed by atoms with Crippen molar-refractivity contribution in [1.82, 2.24) is 14.7 Å². The molecule has 2 saturated heterocycles. The zero-order chi connectivity index (χ0) is 14.7. The fourth-order valence-electron chi connectivity index (χ4n) is 3.60. The average Bonchev–Trinajstić information content (AvgIpc) is 2.41. The van der Waals surface area contributed by atoms with Crippen molar-refractivity contribution >= 4 is 0 Å². The summed E-state index contributed by atoms with van der Waals surface area (Å²) < 4.78 is 0. The van der Waals surface area contributed by atoms with Crippen LogP contribution in [0.15, 0.2) is 12.3 Å². The van der Waals surface area contributed by atoms with Crippen molar-refractivity contribution in [3.63, 3.8) is 0 Å². The normalized spacial score (nSPS) is 27.2. The number of likely N-dealkylation sites (tertiary alicyclic amines) is 1. The highest BCUT2D eigenvalue weighted by Gasteiger charge is 2.27. The van der Waals surface area contributed by atoms with Crippen LogP contribution in [-0.4, -0.2) is 66.1 Å². The molecule has 2 aliphatic heterocycles. The van der Waals surface area contributed by atoms with Crippen molar-refractivity contribution in [1.29, 1.82) is 0 Å². The van der Waals surface area contributed by atoms with Gasteiger partial charge in [0.1, 0.15) is 0 Å². The van der Waals surface area contributed by atoms with Gasteiger partial charge < -0.3 is 9.80 Å². The molecule has 20 heavy (non-hydrogen) atoms. The van der Waals surface area contributed by atoms with Gasteiger partial charge in [-0.25, -0.2) is 0 Å². The van der Waals surface area contributed by atoms with Crippen LogP contribution in [0.5, 0.6) is 0 Å². The lowest BCUT2D eigenvalue weighted by Gasteiger charge is -2.44. The Bertz CT molecular complexity index is 318. The van der Waals surface area contributed by atoms with Gasteiger partial charge in [-0.1, -0.05) is 6.58 Å². The largest absolute Gasteiger partial charge is 0.373 e. The summed E-state index contributed by atoms with van der Waals surface area (Å²) in [6.45, 7) is 20.6. The summed E-state index contributed by atoms with van der Waals surface area (Å²) in [5, 5.41) is 0. The van der Waals surface area contributed by atoms with Crippen LogP contribution in [0.3, 0.4) is 0 Å². The van der Waals surface area contributed by atoms with Crippen molar-refractivity contribution in [2.75, 3.05) is 39.3 Å². The second kappa shape index (κ2) is 6.95. The first-order chi connectivity index (χ1) is 9.47. The van der Waals surface area contributed by atoms with Crippen LogP contribution >= 0.6 is 0 Å². The van der Waals surface area contributed by atoms with Crippen LogP contribution < -0.4 is 0 Å². The summed E-state index contributed by atoms with van der Waals surface area (Å²) >= 11 is 0. The molecule has 3 heteroatoms. The lowest BCUT2D eigenvalue weighted by molar-refractivity contribution is 0.0657. The molecule has 2 fully saturated rings. The van der Waals surface area contributed by atoms with E-state index in [2.05, 4.69) is 49.0 Å². The summed E-state index contributed by atoms with van der Waals surface area (Å²) in [4.78, 5) is 7.76. The molecular weight excluding hydrogens is 246 g/mol. The zero-order valence-corrected chi connectivity index (χ0v) is 13.9. The summed E-state index contributed by atoms with van der Waals surface area (Å²) in [7, 11) is 0. The maximum absolute atomic E-state index is 4.08. The van der Waals surface area contributed by atoms with Crippen LogP contribution in [0.4, 0.5) is 0 Å². The number of piperazine rings is 1. The second-order valence-electron chi connectivity index (χ2n) is 7.10. The average molecular weight is 279 g/mol. The Morgan fingerprint density at radius 3 is 2.30 bits per heavy atom. The third kappa shape index (κ3) is 3.98. The third-order valence-corrected chi connectivity index (χ3v) is 5.18. The van der Waals surface area contributed by atoms with Crippen LogP contribution in [0.25, 0.3) is 0 Å². The molecule has 0 amide bonds. The summed E-state index contributed by atoms with van der Waals surface area (Å²) in [6.07, 6.45) is 2.76. The van der Waals surface area contributed by atoms with E-state index in [4.69, 9.17) is 0 Å². The van der Waals surface area contributed by atoms with Gasteiger partial charge in [0.15, 0.2) is 0 Å².